The molecule has 1 aliphatic rings. The minimum atomic E-state index is -0.0235. The Morgan fingerprint density at radius 1 is 0.920 bits per heavy atom. The van der Waals surface area contributed by atoms with E-state index in [1.807, 2.05) is 0 Å². The molecule has 0 N–H and O–H groups in total. The first-order valence-electron chi connectivity index (χ1n) is 10.7. The predicted molar refractivity (Wildman–Crippen MR) is 108 cm³/mol. The standard InChI is InChI=1S/C24H37N/c1-3-5-7-9-17-24(20-25)18-15-23(16-19-24)22-13-11-21(12-14-22)10-8-6-4-2/h11-14,23H,3-10,15-19H2,1-2H3. The molecule has 138 valence electrons. The number of unbranched alkanes of at least 4 members (excludes halogenated alkanes) is 5. The molecule has 1 aliphatic carbocycles. The van der Waals surface area contributed by atoms with Gasteiger partial charge in [-0.25, -0.2) is 0 Å². The zero-order valence-corrected chi connectivity index (χ0v) is 16.5. The van der Waals surface area contributed by atoms with Crippen molar-refractivity contribution in [3.63, 3.8) is 0 Å². The summed E-state index contributed by atoms with van der Waals surface area (Å²) in [6, 6.07) is 12.1. The van der Waals surface area contributed by atoms with Crippen molar-refractivity contribution >= 4 is 0 Å². The summed E-state index contributed by atoms with van der Waals surface area (Å²) in [5.41, 5.74) is 2.96. The van der Waals surface area contributed by atoms with Gasteiger partial charge in [0.1, 0.15) is 0 Å². The van der Waals surface area contributed by atoms with Crippen LogP contribution in [0.1, 0.15) is 108 Å². The van der Waals surface area contributed by atoms with Crippen molar-refractivity contribution in [3.8, 4) is 6.07 Å². The summed E-state index contributed by atoms with van der Waals surface area (Å²) >= 11 is 0. The van der Waals surface area contributed by atoms with Crippen LogP contribution < -0.4 is 0 Å². The number of aryl methyl sites for hydroxylation is 1. The molecule has 1 aromatic carbocycles. The lowest BCUT2D eigenvalue weighted by atomic mass is 9.67. The highest BCUT2D eigenvalue weighted by Gasteiger charge is 2.35. The van der Waals surface area contributed by atoms with Crippen molar-refractivity contribution in [1.29, 1.82) is 5.26 Å². The third-order valence-corrected chi connectivity index (χ3v) is 6.21. The summed E-state index contributed by atoms with van der Waals surface area (Å²) in [5.74, 6) is 0.668. The molecule has 1 saturated carbocycles. The van der Waals surface area contributed by atoms with Crippen LogP contribution in [0.5, 0.6) is 0 Å². The molecule has 0 saturated heterocycles. The van der Waals surface area contributed by atoms with Gasteiger partial charge < -0.3 is 0 Å². The van der Waals surface area contributed by atoms with Crippen molar-refractivity contribution in [2.24, 2.45) is 5.41 Å². The summed E-state index contributed by atoms with van der Waals surface area (Å²) in [7, 11) is 0. The Hall–Kier alpha value is -1.29. The van der Waals surface area contributed by atoms with E-state index in [0.29, 0.717) is 5.92 Å². The second-order valence-electron chi connectivity index (χ2n) is 8.18. The molecule has 25 heavy (non-hydrogen) atoms. The molecule has 1 aromatic rings. The molecule has 2 rings (SSSR count). The van der Waals surface area contributed by atoms with E-state index >= 15 is 0 Å². The molecular weight excluding hydrogens is 302 g/mol. The van der Waals surface area contributed by atoms with Gasteiger partial charge in [-0.3, -0.25) is 0 Å². The second-order valence-corrected chi connectivity index (χ2v) is 8.18. The molecule has 0 unspecified atom stereocenters. The monoisotopic (exact) mass is 339 g/mol. The highest BCUT2D eigenvalue weighted by atomic mass is 14.4. The van der Waals surface area contributed by atoms with Crippen LogP contribution in [-0.4, -0.2) is 0 Å². The molecule has 0 radical (unpaired) electrons. The maximum atomic E-state index is 9.74. The van der Waals surface area contributed by atoms with E-state index < -0.39 is 0 Å². The molecule has 1 fully saturated rings. The maximum absolute atomic E-state index is 9.74. The second kappa shape index (κ2) is 10.6. The number of hydrogen-bond acceptors (Lipinski definition) is 1. The zero-order chi connectivity index (χ0) is 18.0. The molecule has 0 aromatic heterocycles. The van der Waals surface area contributed by atoms with Crippen molar-refractivity contribution in [2.45, 2.75) is 103 Å². The fourth-order valence-electron chi connectivity index (χ4n) is 4.35. The zero-order valence-electron chi connectivity index (χ0n) is 16.5. The quantitative estimate of drug-likeness (QED) is 0.403. The van der Waals surface area contributed by atoms with Crippen molar-refractivity contribution in [3.05, 3.63) is 35.4 Å². The lowest BCUT2D eigenvalue weighted by Gasteiger charge is -2.35. The largest absolute Gasteiger partial charge is 0.198 e. The summed E-state index contributed by atoms with van der Waals surface area (Å²) in [4.78, 5) is 0. The molecular formula is C24H37N. The Morgan fingerprint density at radius 3 is 2.16 bits per heavy atom. The Balaban J connectivity index is 1.83. The van der Waals surface area contributed by atoms with Crippen LogP contribution in [-0.2, 0) is 6.42 Å². The Kier molecular flexibility index (Phi) is 8.53. The van der Waals surface area contributed by atoms with Gasteiger partial charge in [0, 0.05) is 0 Å². The van der Waals surface area contributed by atoms with Crippen LogP contribution in [0.25, 0.3) is 0 Å². The Labute approximate surface area is 155 Å². The van der Waals surface area contributed by atoms with E-state index in [1.165, 1.54) is 75.3 Å². The summed E-state index contributed by atoms with van der Waals surface area (Å²) < 4.78 is 0. The van der Waals surface area contributed by atoms with Crippen LogP contribution >= 0.6 is 0 Å². The van der Waals surface area contributed by atoms with Gasteiger partial charge in [-0.1, -0.05) is 76.6 Å². The minimum absolute atomic E-state index is 0.0235. The SMILES string of the molecule is CCCCCCC1(C#N)CCC(c2ccc(CCCCC)cc2)CC1. The van der Waals surface area contributed by atoms with Crippen LogP contribution in [0.4, 0.5) is 0 Å². The first-order valence-corrected chi connectivity index (χ1v) is 10.7. The van der Waals surface area contributed by atoms with E-state index in [-0.39, 0.29) is 5.41 Å². The third-order valence-electron chi connectivity index (χ3n) is 6.21. The lowest BCUT2D eigenvalue weighted by Crippen LogP contribution is -2.25. The molecule has 1 nitrogen and oxygen atoms in total. The van der Waals surface area contributed by atoms with Gasteiger partial charge in [-0.15, -0.1) is 0 Å². The van der Waals surface area contributed by atoms with Gasteiger partial charge in [0.15, 0.2) is 0 Å². The number of benzene rings is 1. The van der Waals surface area contributed by atoms with Crippen LogP contribution in [0.2, 0.25) is 0 Å². The third kappa shape index (κ3) is 6.18. The number of hydrogen-bond donors (Lipinski definition) is 0. The summed E-state index contributed by atoms with van der Waals surface area (Å²) in [6.45, 7) is 4.51. The average Bonchev–Trinajstić information content (AvgIpc) is 2.67. The first-order chi connectivity index (χ1) is 12.2. The number of nitriles is 1. The predicted octanol–water partition coefficient (Wildman–Crippen LogP) is 7.56. The van der Waals surface area contributed by atoms with Gasteiger partial charge in [0.05, 0.1) is 11.5 Å². The molecule has 0 atom stereocenters. The van der Waals surface area contributed by atoms with Crippen LogP contribution in [0.3, 0.4) is 0 Å². The van der Waals surface area contributed by atoms with Crippen LogP contribution in [0.15, 0.2) is 24.3 Å². The molecule has 0 amide bonds. The van der Waals surface area contributed by atoms with Crippen molar-refractivity contribution in [2.75, 3.05) is 0 Å². The van der Waals surface area contributed by atoms with Gasteiger partial charge in [-0.05, 0) is 62.0 Å². The van der Waals surface area contributed by atoms with Crippen molar-refractivity contribution in [1.82, 2.24) is 0 Å². The van der Waals surface area contributed by atoms with Crippen LogP contribution in [0, 0.1) is 16.7 Å². The first kappa shape index (κ1) is 20.0. The Morgan fingerprint density at radius 2 is 1.56 bits per heavy atom. The van der Waals surface area contributed by atoms with Gasteiger partial charge >= 0.3 is 0 Å². The molecule has 0 spiro atoms. The topological polar surface area (TPSA) is 23.8 Å². The average molecular weight is 340 g/mol. The summed E-state index contributed by atoms with van der Waals surface area (Å²) in [6.07, 6.45) is 16.0. The molecule has 0 bridgehead atoms. The smallest absolute Gasteiger partial charge is 0.0689 e. The number of nitrogens with zero attached hydrogens (tertiary/aromatic N) is 1. The molecule has 0 aliphatic heterocycles. The Bertz CT molecular complexity index is 514. The van der Waals surface area contributed by atoms with Gasteiger partial charge in [-0.2, -0.15) is 5.26 Å². The van der Waals surface area contributed by atoms with E-state index in [2.05, 4.69) is 44.2 Å². The van der Waals surface area contributed by atoms with E-state index in [1.54, 1.807) is 0 Å². The molecule has 1 heteroatoms. The van der Waals surface area contributed by atoms with E-state index in [9.17, 15) is 5.26 Å². The molecule has 0 heterocycles. The lowest BCUT2D eigenvalue weighted by molar-refractivity contribution is 0.223. The fraction of sp³-hybridized carbons (Fsp3) is 0.708. The summed E-state index contributed by atoms with van der Waals surface area (Å²) in [5, 5.41) is 9.74. The van der Waals surface area contributed by atoms with E-state index in [0.717, 1.165) is 19.3 Å². The normalized spacial score (nSPS) is 23.3. The minimum Gasteiger partial charge on any atom is -0.198 e. The highest BCUT2D eigenvalue weighted by molar-refractivity contribution is 5.26. The number of rotatable bonds is 10. The van der Waals surface area contributed by atoms with Gasteiger partial charge in [0.2, 0.25) is 0 Å². The van der Waals surface area contributed by atoms with Gasteiger partial charge in [0.25, 0.3) is 0 Å². The van der Waals surface area contributed by atoms with Crippen molar-refractivity contribution < 1.29 is 0 Å². The fourth-order valence-corrected chi connectivity index (χ4v) is 4.35. The van der Waals surface area contributed by atoms with E-state index in [4.69, 9.17) is 0 Å². The maximum Gasteiger partial charge on any atom is 0.0689 e. The highest BCUT2D eigenvalue weighted by Crippen LogP contribution is 2.45.